The lowest BCUT2D eigenvalue weighted by molar-refractivity contribution is -0.122. The van der Waals surface area contributed by atoms with Crippen LogP contribution in [-0.2, 0) is 4.79 Å². The monoisotopic (exact) mass is 273 g/mol. The van der Waals surface area contributed by atoms with Gasteiger partial charge in [-0.3, -0.25) is 4.79 Å². The van der Waals surface area contributed by atoms with Crippen LogP contribution < -0.4 is 15.8 Å². The molecule has 0 heterocycles. The minimum atomic E-state index is -0.435. The molecule has 0 saturated heterocycles. The highest BCUT2D eigenvalue weighted by molar-refractivity contribution is 6.37. The van der Waals surface area contributed by atoms with E-state index in [9.17, 15) is 4.79 Å². The predicted molar refractivity (Wildman–Crippen MR) is 65.0 cm³/mol. The molecule has 0 aromatic heterocycles. The molecule has 3 N–H and O–H groups in total. The van der Waals surface area contributed by atoms with E-state index in [2.05, 4.69) is 5.32 Å². The quantitative estimate of drug-likeness (QED) is 0.644. The lowest BCUT2D eigenvalue weighted by Gasteiger charge is -2.10. The Bertz CT molecular complexity index is 448. The molecule has 17 heavy (non-hydrogen) atoms. The number of amides is 1. The van der Waals surface area contributed by atoms with Crippen LogP contribution in [0, 0.1) is 11.3 Å². The molecule has 1 aromatic carbocycles. The van der Waals surface area contributed by atoms with Crippen LogP contribution in [0.2, 0.25) is 10.0 Å². The first-order chi connectivity index (χ1) is 8.04. The van der Waals surface area contributed by atoms with Gasteiger partial charge in [0.2, 0.25) is 0 Å². The largest absolute Gasteiger partial charge is 0.481 e. The van der Waals surface area contributed by atoms with Crippen molar-refractivity contribution < 1.29 is 9.53 Å². The zero-order chi connectivity index (χ0) is 12.8. The number of nitrogens with zero attached hydrogens (tertiary/aromatic N) is 1. The molecule has 90 valence electrons. The van der Waals surface area contributed by atoms with Gasteiger partial charge >= 0.3 is 0 Å². The molecule has 0 aliphatic rings. The van der Waals surface area contributed by atoms with E-state index in [1.165, 1.54) is 12.1 Å². The van der Waals surface area contributed by atoms with Crippen molar-refractivity contribution >= 4 is 34.8 Å². The predicted octanol–water partition coefficient (Wildman–Crippen LogP) is 1.59. The Kier molecular flexibility index (Phi) is 4.88. The summed E-state index contributed by atoms with van der Waals surface area (Å²) in [6.45, 7) is -0.351. The van der Waals surface area contributed by atoms with Gasteiger partial charge in [0.25, 0.3) is 5.91 Å². The third-order valence-electron chi connectivity index (χ3n) is 1.73. The van der Waals surface area contributed by atoms with Crippen molar-refractivity contribution in [3.8, 4) is 11.8 Å². The second-order valence-electron chi connectivity index (χ2n) is 3.04. The van der Waals surface area contributed by atoms with Crippen molar-refractivity contribution in [3.63, 3.8) is 0 Å². The molecular formula is C10H9Cl2N3O2. The molecule has 0 spiro atoms. The van der Waals surface area contributed by atoms with Crippen molar-refractivity contribution in [1.82, 2.24) is 5.32 Å². The van der Waals surface area contributed by atoms with E-state index in [0.29, 0.717) is 5.69 Å². The van der Waals surface area contributed by atoms with E-state index in [-0.39, 0.29) is 28.9 Å². The van der Waals surface area contributed by atoms with E-state index >= 15 is 0 Å². The van der Waals surface area contributed by atoms with Gasteiger partial charge in [0.1, 0.15) is 6.54 Å². The first-order valence-corrected chi connectivity index (χ1v) is 5.31. The van der Waals surface area contributed by atoms with E-state index in [4.69, 9.17) is 38.9 Å². The van der Waals surface area contributed by atoms with Gasteiger partial charge in [-0.15, -0.1) is 0 Å². The zero-order valence-electron chi connectivity index (χ0n) is 8.67. The fourth-order valence-corrected chi connectivity index (χ4v) is 1.66. The maximum atomic E-state index is 11.2. The molecule has 0 fully saturated rings. The van der Waals surface area contributed by atoms with Crippen LogP contribution in [0.25, 0.3) is 0 Å². The Morgan fingerprint density at radius 3 is 2.59 bits per heavy atom. The average Bonchev–Trinajstić information content (AvgIpc) is 2.24. The van der Waals surface area contributed by atoms with Gasteiger partial charge in [0.05, 0.1) is 16.1 Å². The van der Waals surface area contributed by atoms with E-state index in [0.717, 1.165) is 0 Å². The SMILES string of the molecule is N#CCNC(=O)COc1c(Cl)cc(N)cc1Cl. The van der Waals surface area contributed by atoms with Gasteiger partial charge in [-0.05, 0) is 12.1 Å². The summed E-state index contributed by atoms with van der Waals surface area (Å²) in [6.07, 6.45) is 0. The highest BCUT2D eigenvalue weighted by Gasteiger charge is 2.10. The average molecular weight is 274 g/mol. The Labute approximate surface area is 108 Å². The maximum Gasteiger partial charge on any atom is 0.258 e. The third-order valence-corrected chi connectivity index (χ3v) is 2.29. The summed E-state index contributed by atoms with van der Waals surface area (Å²) in [7, 11) is 0. The van der Waals surface area contributed by atoms with Crippen molar-refractivity contribution in [1.29, 1.82) is 5.26 Å². The Balaban J connectivity index is 2.64. The Morgan fingerprint density at radius 1 is 1.47 bits per heavy atom. The summed E-state index contributed by atoms with van der Waals surface area (Å²) in [5.74, 6) is -0.245. The summed E-state index contributed by atoms with van der Waals surface area (Å²) in [4.78, 5) is 11.2. The smallest absolute Gasteiger partial charge is 0.258 e. The Hall–Kier alpha value is -1.64. The van der Waals surface area contributed by atoms with Gasteiger partial charge in [-0.2, -0.15) is 5.26 Å². The minimum Gasteiger partial charge on any atom is -0.481 e. The molecule has 0 saturated carbocycles. The van der Waals surface area contributed by atoms with Crippen molar-refractivity contribution in [2.75, 3.05) is 18.9 Å². The number of anilines is 1. The summed E-state index contributed by atoms with van der Waals surface area (Å²) in [5, 5.41) is 11.0. The summed E-state index contributed by atoms with van der Waals surface area (Å²) in [5.41, 5.74) is 5.91. The molecular weight excluding hydrogens is 265 g/mol. The van der Waals surface area contributed by atoms with Gasteiger partial charge in [0.15, 0.2) is 12.4 Å². The number of hydrogen-bond donors (Lipinski definition) is 2. The van der Waals surface area contributed by atoms with Crippen LogP contribution in [0.3, 0.4) is 0 Å². The third kappa shape index (κ3) is 4.02. The van der Waals surface area contributed by atoms with Crippen LogP contribution >= 0.6 is 23.2 Å². The molecule has 1 rings (SSSR count). The number of nitrogen functional groups attached to an aromatic ring is 1. The van der Waals surface area contributed by atoms with Crippen LogP contribution in [0.15, 0.2) is 12.1 Å². The number of rotatable bonds is 4. The van der Waals surface area contributed by atoms with Crippen molar-refractivity contribution in [2.24, 2.45) is 0 Å². The minimum absolute atomic E-state index is 0.0780. The van der Waals surface area contributed by atoms with E-state index in [1.54, 1.807) is 6.07 Å². The molecule has 0 radical (unpaired) electrons. The topological polar surface area (TPSA) is 88.1 Å². The number of halogens is 2. The molecule has 5 nitrogen and oxygen atoms in total. The van der Waals surface area contributed by atoms with Gasteiger partial charge in [0, 0.05) is 5.69 Å². The Morgan fingerprint density at radius 2 is 2.06 bits per heavy atom. The second kappa shape index (κ2) is 6.18. The molecule has 0 unspecified atom stereocenters. The first-order valence-electron chi connectivity index (χ1n) is 4.55. The van der Waals surface area contributed by atoms with Gasteiger partial charge < -0.3 is 15.8 Å². The van der Waals surface area contributed by atoms with Crippen LogP contribution in [0.1, 0.15) is 0 Å². The summed E-state index contributed by atoms with van der Waals surface area (Å²) >= 11 is 11.7. The summed E-state index contributed by atoms with van der Waals surface area (Å²) < 4.78 is 5.14. The van der Waals surface area contributed by atoms with Crippen LogP contribution in [0.4, 0.5) is 5.69 Å². The number of carbonyl (C=O) groups is 1. The number of hydrogen-bond acceptors (Lipinski definition) is 4. The molecule has 7 heteroatoms. The fraction of sp³-hybridized carbons (Fsp3) is 0.200. The van der Waals surface area contributed by atoms with E-state index in [1.807, 2.05) is 0 Å². The fourth-order valence-electron chi connectivity index (χ4n) is 1.04. The lowest BCUT2D eigenvalue weighted by atomic mass is 10.3. The van der Waals surface area contributed by atoms with Crippen molar-refractivity contribution in [2.45, 2.75) is 0 Å². The summed E-state index contributed by atoms with van der Waals surface area (Å²) in [6, 6.07) is 4.71. The molecule has 0 bridgehead atoms. The number of carbonyl (C=O) groups excluding carboxylic acids is 1. The molecule has 0 aliphatic carbocycles. The molecule has 0 atom stereocenters. The first kappa shape index (κ1) is 13.4. The van der Waals surface area contributed by atoms with Gasteiger partial charge in [-0.1, -0.05) is 23.2 Å². The zero-order valence-corrected chi connectivity index (χ0v) is 10.2. The number of ether oxygens (including phenoxy) is 1. The van der Waals surface area contributed by atoms with Crippen LogP contribution in [0.5, 0.6) is 5.75 Å². The number of benzene rings is 1. The standard InChI is InChI=1S/C10H9Cl2N3O2/c11-7-3-6(14)4-8(12)10(7)17-5-9(16)15-2-1-13/h3-4H,2,5,14H2,(H,15,16). The molecule has 1 aromatic rings. The van der Waals surface area contributed by atoms with Gasteiger partial charge in [-0.25, -0.2) is 0 Å². The highest BCUT2D eigenvalue weighted by Crippen LogP contribution is 2.34. The van der Waals surface area contributed by atoms with E-state index < -0.39 is 5.91 Å². The van der Waals surface area contributed by atoms with Crippen molar-refractivity contribution in [3.05, 3.63) is 22.2 Å². The highest BCUT2D eigenvalue weighted by atomic mass is 35.5. The number of nitriles is 1. The second-order valence-corrected chi connectivity index (χ2v) is 3.85. The lowest BCUT2D eigenvalue weighted by Crippen LogP contribution is -2.29. The normalized spacial score (nSPS) is 9.47. The number of nitrogens with two attached hydrogens (primary N) is 1. The molecule has 1 amide bonds. The number of nitrogens with one attached hydrogen (secondary N) is 1. The molecule has 0 aliphatic heterocycles. The van der Waals surface area contributed by atoms with Crippen LogP contribution in [-0.4, -0.2) is 19.1 Å². The maximum absolute atomic E-state index is 11.2.